The lowest BCUT2D eigenvalue weighted by atomic mass is 9.85. The quantitative estimate of drug-likeness (QED) is 0.524. The molecule has 1 saturated heterocycles. The summed E-state index contributed by atoms with van der Waals surface area (Å²) in [5.74, 6) is 0.987. The van der Waals surface area contributed by atoms with Gasteiger partial charge in [0.25, 0.3) is 0 Å². The molecule has 3 fully saturated rings. The Balaban J connectivity index is 1.63. The van der Waals surface area contributed by atoms with Crippen molar-refractivity contribution >= 4 is 11.8 Å². The molecule has 0 N–H and O–H groups in total. The summed E-state index contributed by atoms with van der Waals surface area (Å²) in [4.78, 5) is 26.8. The van der Waals surface area contributed by atoms with Crippen molar-refractivity contribution in [1.29, 1.82) is 0 Å². The van der Waals surface area contributed by atoms with Crippen LogP contribution in [-0.4, -0.2) is 22.8 Å². The van der Waals surface area contributed by atoms with Gasteiger partial charge < -0.3 is 0 Å². The Morgan fingerprint density at radius 1 is 0.889 bits per heavy atom. The highest BCUT2D eigenvalue weighted by atomic mass is 16.2. The Bertz CT molecular complexity index is 406. The number of nitrogens with zero attached hydrogens (tertiary/aromatic N) is 1. The number of carbonyl (C=O) groups excluding carboxylic acids is 2. The van der Waals surface area contributed by atoms with Gasteiger partial charge in [0.1, 0.15) is 0 Å². The summed E-state index contributed by atoms with van der Waals surface area (Å²) in [5, 5.41) is 0. The highest BCUT2D eigenvalue weighted by Gasteiger charge is 2.60. The van der Waals surface area contributed by atoms with Crippen molar-refractivity contribution in [3.05, 3.63) is 12.2 Å². The summed E-state index contributed by atoms with van der Waals surface area (Å²) in [7, 11) is 0. The van der Waals surface area contributed by atoms with Gasteiger partial charge >= 0.3 is 0 Å². The SMILES string of the molecule is O=C1C2C3C=CC(C3)C2C(=O)N1C1CCCCC1. The van der Waals surface area contributed by atoms with Crippen molar-refractivity contribution in [3.8, 4) is 0 Å². The van der Waals surface area contributed by atoms with Crippen LogP contribution in [0.15, 0.2) is 12.2 Å². The highest BCUT2D eigenvalue weighted by Crippen LogP contribution is 2.53. The summed E-state index contributed by atoms with van der Waals surface area (Å²) >= 11 is 0. The minimum absolute atomic E-state index is 0.00516. The number of amides is 2. The molecule has 18 heavy (non-hydrogen) atoms. The number of hydrogen-bond acceptors (Lipinski definition) is 2. The zero-order valence-electron chi connectivity index (χ0n) is 10.5. The third-order valence-electron chi connectivity index (χ3n) is 5.44. The molecule has 4 unspecified atom stereocenters. The van der Waals surface area contributed by atoms with E-state index < -0.39 is 0 Å². The van der Waals surface area contributed by atoms with Crippen LogP contribution in [0.3, 0.4) is 0 Å². The maximum absolute atomic E-state index is 12.6. The van der Waals surface area contributed by atoms with E-state index in [0.29, 0.717) is 11.8 Å². The lowest BCUT2D eigenvalue weighted by Gasteiger charge is -2.30. The van der Waals surface area contributed by atoms with E-state index in [0.717, 1.165) is 19.3 Å². The van der Waals surface area contributed by atoms with Gasteiger partial charge in [-0.05, 0) is 31.1 Å². The molecule has 2 saturated carbocycles. The van der Waals surface area contributed by atoms with Crippen molar-refractivity contribution in [1.82, 2.24) is 4.90 Å². The highest BCUT2D eigenvalue weighted by molar-refractivity contribution is 6.06. The number of rotatable bonds is 1. The third-order valence-corrected chi connectivity index (χ3v) is 5.44. The average Bonchev–Trinajstić information content (AvgIpc) is 3.05. The maximum atomic E-state index is 12.6. The van der Waals surface area contributed by atoms with Crippen LogP contribution in [0.25, 0.3) is 0 Å². The molecule has 1 heterocycles. The first-order valence-corrected chi connectivity index (χ1v) is 7.32. The molecule has 0 aromatic carbocycles. The summed E-state index contributed by atoms with van der Waals surface area (Å²) in [6.45, 7) is 0. The number of hydrogen-bond donors (Lipinski definition) is 0. The standard InChI is InChI=1S/C15H19NO2/c17-14-12-9-6-7-10(8-9)13(12)15(18)16(14)11-4-2-1-3-5-11/h6-7,9-13H,1-5,8H2. The van der Waals surface area contributed by atoms with E-state index in [4.69, 9.17) is 0 Å². The number of likely N-dealkylation sites (tertiary alicyclic amines) is 1. The zero-order valence-corrected chi connectivity index (χ0v) is 10.5. The van der Waals surface area contributed by atoms with Gasteiger partial charge in [-0.15, -0.1) is 0 Å². The lowest BCUT2D eigenvalue weighted by Crippen LogP contribution is -2.42. The Morgan fingerprint density at radius 3 is 2.00 bits per heavy atom. The normalized spacial score (nSPS) is 43.0. The molecular weight excluding hydrogens is 226 g/mol. The fourth-order valence-corrected chi connectivity index (χ4v) is 4.62. The van der Waals surface area contributed by atoms with Gasteiger partial charge in [0.05, 0.1) is 11.8 Å². The zero-order chi connectivity index (χ0) is 12.3. The molecule has 96 valence electrons. The molecule has 2 bridgehead atoms. The summed E-state index contributed by atoms with van der Waals surface area (Å²) in [6, 6.07) is 0.212. The van der Waals surface area contributed by atoms with Crippen molar-refractivity contribution < 1.29 is 9.59 Å². The van der Waals surface area contributed by atoms with E-state index >= 15 is 0 Å². The van der Waals surface area contributed by atoms with Crippen LogP contribution in [0, 0.1) is 23.7 Å². The van der Waals surface area contributed by atoms with E-state index in [1.807, 2.05) is 0 Å². The maximum Gasteiger partial charge on any atom is 0.233 e. The van der Waals surface area contributed by atoms with Crippen molar-refractivity contribution in [3.63, 3.8) is 0 Å². The molecule has 0 aromatic heterocycles. The van der Waals surface area contributed by atoms with Crippen LogP contribution in [0.4, 0.5) is 0 Å². The third kappa shape index (κ3) is 1.25. The molecule has 2 amide bonds. The number of allylic oxidation sites excluding steroid dienone is 2. The van der Waals surface area contributed by atoms with Crippen molar-refractivity contribution in [2.75, 3.05) is 0 Å². The van der Waals surface area contributed by atoms with Crippen molar-refractivity contribution in [2.24, 2.45) is 23.7 Å². The minimum Gasteiger partial charge on any atom is -0.279 e. The van der Waals surface area contributed by atoms with E-state index in [1.165, 1.54) is 19.3 Å². The van der Waals surface area contributed by atoms with Crippen LogP contribution in [0.1, 0.15) is 38.5 Å². The van der Waals surface area contributed by atoms with Gasteiger partial charge in [0, 0.05) is 6.04 Å². The monoisotopic (exact) mass is 245 g/mol. The average molecular weight is 245 g/mol. The molecule has 0 aromatic rings. The summed E-state index contributed by atoms with van der Waals surface area (Å²) in [5.41, 5.74) is 0. The minimum atomic E-state index is -0.00516. The van der Waals surface area contributed by atoms with E-state index in [1.54, 1.807) is 4.90 Å². The fourth-order valence-electron chi connectivity index (χ4n) is 4.62. The second-order valence-corrected chi connectivity index (χ2v) is 6.34. The Morgan fingerprint density at radius 2 is 1.44 bits per heavy atom. The van der Waals surface area contributed by atoms with Gasteiger partial charge in [-0.25, -0.2) is 0 Å². The van der Waals surface area contributed by atoms with Crippen LogP contribution in [-0.2, 0) is 9.59 Å². The predicted octanol–water partition coefficient (Wildman–Crippen LogP) is 2.13. The van der Waals surface area contributed by atoms with Crippen molar-refractivity contribution in [2.45, 2.75) is 44.6 Å². The smallest absolute Gasteiger partial charge is 0.233 e. The summed E-state index contributed by atoms with van der Waals surface area (Å²) in [6.07, 6.45) is 11.0. The largest absolute Gasteiger partial charge is 0.279 e. The second kappa shape index (κ2) is 3.69. The molecule has 0 radical (unpaired) electrons. The van der Waals surface area contributed by atoms with E-state index in [-0.39, 0.29) is 29.7 Å². The molecule has 4 rings (SSSR count). The Hall–Kier alpha value is -1.12. The lowest BCUT2D eigenvalue weighted by molar-refractivity contribution is -0.144. The molecule has 3 nitrogen and oxygen atoms in total. The van der Waals surface area contributed by atoms with Crippen LogP contribution >= 0.6 is 0 Å². The molecule has 0 spiro atoms. The van der Waals surface area contributed by atoms with Gasteiger partial charge in [0.15, 0.2) is 0 Å². The first-order valence-electron chi connectivity index (χ1n) is 7.32. The number of imide groups is 1. The van der Waals surface area contributed by atoms with Gasteiger partial charge in [0.2, 0.25) is 11.8 Å². The summed E-state index contributed by atoms with van der Waals surface area (Å²) < 4.78 is 0. The van der Waals surface area contributed by atoms with Gasteiger partial charge in [-0.1, -0.05) is 31.4 Å². The van der Waals surface area contributed by atoms with E-state index in [9.17, 15) is 9.59 Å². The first kappa shape index (κ1) is 10.8. The Kier molecular flexibility index (Phi) is 2.21. The number of carbonyl (C=O) groups is 2. The van der Waals surface area contributed by atoms with Crippen LogP contribution in [0.5, 0.6) is 0 Å². The second-order valence-electron chi connectivity index (χ2n) is 6.34. The topological polar surface area (TPSA) is 37.4 Å². The van der Waals surface area contributed by atoms with Crippen LogP contribution < -0.4 is 0 Å². The molecule has 4 aliphatic rings. The molecule has 4 atom stereocenters. The number of fused-ring (bicyclic) bond motifs is 5. The van der Waals surface area contributed by atoms with Gasteiger partial charge in [-0.3, -0.25) is 14.5 Å². The van der Waals surface area contributed by atoms with Gasteiger partial charge in [-0.2, -0.15) is 0 Å². The van der Waals surface area contributed by atoms with E-state index in [2.05, 4.69) is 12.2 Å². The molecule has 1 aliphatic heterocycles. The fraction of sp³-hybridized carbons (Fsp3) is 0.733. The molecular formula is C15H19NO2. The first-order chi connectivity index (χ1) is 8.77. The molecule has 3 aliphatic carbocycles. The van der Waals surface area contributed by atoms with Crippen LogP contribution in [0.2, 0.25) is 0 Å². The predicted molar refractivity (Wildman–Crippen MR) is 66.4 cm³/mol. The molecule has 3 heteroatoms. The Labute approximate surface area is 107 Å².